The number of amides is 6. The predicted octanol–water partition coefficient (Wildman–Crippen LogP) is 4.47. The Morgan fingerprint density at radius 3 is 2.03 bits per heavy atom. The number of methoxy groups -OCH3 is 1. The second-order valence-electron chi connectivity index (χ2n) is 37.5. The van der Waals surface area contributed by atoms with Gasteiger partial charge >= 0.3 is 42.5 Å². The highest BCUT2D eigenvalue weighted by molar-refractivity contribution is 8.76. The van der Waals surface area contributed by atoms with E-state index in [-0.39, 0.29) is 123 Å². The van der Waals surface area contributed by atoms with E-state index in [1.165, 1.54) is 43.7 Å². The van der Waals surface area contributed by atoms with Crippen LogP contribution in [0.5, 0.6) is 5.75 Å². The molecule has 5 aliphatic heterocycles. The number of benzene rings is 4. The number of hydrogen-bond acceptors (Lipinski definition) is 38. The number of aliphatic hydroxyl groups is 3. The summed E-state index contributed by atoms with van der Waals surface area (Å²) in [4.78, 5) is 223. The summed E-state index contributed by atoms with van der Waals surface area (Å²) in [6.45, 7) is 21.9. The molecule has 12 rings (SSSR count). The molecule has 4 aromatic carbocycles. The Balaban J connectivity index is 0.000000331. The number of nitrogens with one attached hydrogen (secondary N) is 10. The molecule has 1 unspecified atom stereocenters. The maximum absolute atomic E-state index is 13.5. The lowest BCUT2D eigenvalue weighted by molar-refractivity contribution is -0.228. The highest BCUT2D eigenvalue weighted by Gasteiger charge is 2.77. The van der Waals surface area contributed by atoms with Crippen molar-refractivity contribution >= 4 is 167 Å². The Morgan fingerprint density at radius 1 is 0.753 bits per heavy atom. The number of terminal acetylenes is 1. The first-order chi connectivity index (χ1) is 69.4. The first-order valence-corrected chi connectivity index (χ1v) is 51.8. The van der Waals surface area contributed by atoms with Gasteiger partial charge in [-0.2, -0.15) is 28.8 Å². The average Bonchev–Trinajstić information content (AvgIpc) is 1.48. The average molecular weight is 2110 g/mol. The van der Waals surface area contributed by atoms with Gasteiger partial charge in [-0.05, 0) is 143 Å². The number of aromatic nitrogens is 3. The molecule has 3 fully saturated rings. The molecule has 17 N–H and O–H groups in total. The maximum Gasteiger partial charge on any atom is 0.423 e. The smallest absolute Gasteiger partial charge is 0.423 e. The molecule has 1 saturated carbocycles. The monoisotopic (exact) mass is 2100 g/mol. The fourth-order valence-corrected chi connectivity index (χ4v) is 23.2. The molecule has 7 heterocycles. The number of ether oxygens (including phenoxy) is 3. The zero-order valence-electron chi connectivity index (χ0n) is 83.1. The number of para-hydroxylation sites is 1. The van der Waals surface area contributed by atoms with Crippen molar-refractivity contribution in [1.82, 2.24) is 67.7 Å². The number of fused-ring (bicyclic) bond motifs is 7. The number of nitrogen functional groups attached to an aromatic ring is 1. The van der Waals surface area contributed by atoms with E-state index < -0.39 is 123 Å². The number of carbonyl (C=O) groups is 11. The van der Waals surface area contributed by atoms with Gasteiger partial charge < -0.3 is 96.3 Å². The van der Waals surface area contributed by atoms with Gasteiger partial charge in [0.05, 0.1) is 47.7 Å². The van der Waals surface area contributed by atoms with Crippen molar-refractivity contribution in [2.24, 2.45) is 16.7 Å². The van der Waals surface area contributed by atoms with Crippen LogP contribution in [0.15, 0.2) is 95.8 Å². The number of ketones is 1. The molecule has 6 aromatic rings. The molecule has 6 aliphatic rings. The number of rotatable bonds is 44. The Labute approximate surface area is 858 Å². The molecule has 1 aliphatic carbocycles. The third kappa shape index (κ3) is 29.7. The van der Waals surface area contributed by atoms with Crippen molar-refractivity contribution in [3.05, 3.63) is 135 Å². The second-order valence-corrected chi connectivity index (χ2v) is 42.2. The van der Waals surface area contributed by atoms with E-state index >= 15 is 0 Å². The lowest BCUT2D eigenvalue weighted by Crippen LogP contribution is -2.80. The normalized spacial score (nSPS) is 22.2. The molecule has 15 atom stereocenters. The van der Waals surface area contributed by atoms with Crippen molar-refractivity contribution in [3.63, 3.8) is 0 Å². The molecule has 44 nitrogen and oxygen atoms in total. The fraction of sp³-hybridized carbons (Fsp3) is 0.531. The topological polar surface area (TPSA) is 634 Å². The van der Waals surface area contributed by atoms with E-state index in [2.05, 4.69) is 135 Å². The molecule has 2 bridgehead atoms. The minimum absolute atomic E-state index is 0.00222. The fourth-order valence-electron chi connectivity index (χ4n) is 20.0. The maximum atomic E-state index is 13.5. The quantitative estimate of drug-likeness (QED) is 0.00477. The van der Waals surface area contributed by atoms with Crippen LogP contribution in [0.1, 0.15) is 165 Å². The summed E-state index contributed by atoms with van der Waals surface area (Å²) in [5.74, 6) is -2.01. The van der Waals surface area contributed by atoms with Gasteiger partial charge in [0.1, 0.15) is 78.2 Å². The number of nitrogens with zero attached hydrogens (tertiary/aromatic N) is 5. The van der Waals surface area contributed by atoms with Crippen LogP contribution in [0, 0.1) is 29.1 Å². The molecule has 146 heavy (non-hydrogen) atoms. The van der Waals surface area contributed by atoms with E-state index in [1.54, 1.807) is 48.2 Å². The third-order valence-corrected chi connectivity index (χ3v) is 30.7. The highest BCUT2D eigenvalue weighted by atomic mass is 33.1. The van der Waals surface area contributed by atoms with Crippen molar-refractivity contribution in [2.45, 2.75) is 216 Å². The number of likely N-dealkylation sites (N-methyl/N-ethyl adjacent to an activating group) is 1. The van der Waals surface area contributed by atoms with Crippen LogP contribution in [0.4, 0.5) is 22.1 Å². The van der Waals surface area contributed by atoms with Crippen LogP contribution in [0.25, 0.3) is 21.8 Å². The van der Waals surface area contributed by atoms with Crippen molar-refractivity contribution in [3.8, 4) is 18.1 Å². The number of hydrazine groups is 1. The second kappa shape index (κ2) is 54.8. The molecular weight excluding hydrogens is 1980 g/mol. The van der Waals surface area contributed by atoms with Gasteiger partial charge in [-0.15, -0.1) is 12.0 Å². The van der Waals surface area contributed by atoms with E-state index in [0.29, 0.717) is 116 Å². The van der Waals surface area contributed by atoms with Crippen LogP contribution in [-0.2, 0) is 114 Å². The lowest BCUT2D eigenvalue weighted by atomic mass is 9.48. The van der Waals surface area contributed by atoms with E-state index in [9.17, 15) is 83.1 Å². The number of hydrogen-bond donors (Lipinski definition) is 16. The minimum Gasteiger partial charge on any atom is -0.496 e. The minimum atomic E-state index is -1.90. The van der Waals surface area contributed by atoms with Gasteiger partial charge in [-0.1, -0.05) is 123 Å². The summed E-state index contributed by atoms with van der Waals surface area (Å²) in [7, 11) is 7.72. The summed E-state index contributed by atoms with van der Waals surface area (Å²) in [6.07, 6.45) is 11.9. The third-order valence-electron chi connectivity index (χ3n) is 26.6. The summed E-state index contributed by atoms with van der Waals surface area (Å²) >= 11 is 0.663. The predicted molar refractivity (Wildman–Crippen MR) is 539 cm³/mol. The summed E-state index contributed by atoms with van der Waals surface area (Å²) in [5, 5.41) is 73.9. The van der Waals surface area contributed by atoms with Gasteiger partial charge in [-0.3, -0.25) is 62.8 Å². The largest absolute Gasteiger partial charge is 0.496 e. The first kappa shape index (κ1) is 119. The summed E-state index contributed by atoms with van der Waals surface area (Å²) in [5.41, 5.74) is 12.2. The first-order valence-electron chi connectivity index (χ1n) is 47.1. The number of anilines is 3. The van der Waals surface area contributed by atoms with Gasteiger partial charge in [0.2, 0.25) is 29.6 Å². The zero-order valence-corrected chi connectivity index (χ0v) is 86.4. The number of piperidine rings is 1. The molecular formula is C98H128N16O28S4. The van der Waals surface area contributed by atoms with E-state index in [1.807, 2.05) is 52.6 Å². The van der Waals surface area contributed by atoms with Gasteiger partial charge in [-0.25, -0.2) is 24.8 Å². The molecule has 0 radical (unpaired) electrons. The zero-order chi connectivity index (χ0) is 108. The Kier molecular flexibility index (Phi) is 44.5. The number of aromatic amines is 2. The number of nitrogens with two attached hydrogens (primary N) is 1. The highest BCUT2D eigenvalue weighted by Crippen LogP contribution is 2.68. The number of Topliss-reactive ketones (excluding diaryl/α,β-unsaturated/α-hetero) is 1. The number of carboxylic acids is 2. The molecule has 6 amide bonds. The van der Waals surface area contributed by atoms with Crippen LogP contribution < -0.4 is 68.7 Å². The molecule has 2 aromatic heterocycles. The Hall–Kier alpha value is -12.5. The van der Waals surface area contributed by atoms with Crippen molar-refractivity contribution in [1.29, 1.82) is 0 Å². The van der Waals surface area contributed by atoms with Gasteiger partial charge in [0.25, 0.3) is 17.9 Å². The standard InChI is InChI=1S/C53H74N6O10S2.C42H54N10O12S2.3CO2/c1-8-49(64)27-34-28-51(31-67-33-60,43-36(15-20-58(29-34)30-49)35-13-10-11-14-39(35)54-43)38-25-37-40(26-41(38)66-7)57(6)45-52(37)18-21-59-19-12-17-50(9-2,44(52)59)46(62)53(45,65)32-69-56-55-47(63)68-22-24-71-70-23-16-42(61)48(3,4)5;1-7-17-52(21-26-8-13-30-29(19-26)39(59)51-42(43)50-30)28-11-9-27(10-12-28)38(58)48-31(40(60)61)14-15-34(54)64-66-65-18-16-33(53)45-23(4)35(55)46-24(5)36(56)47-25(6)37(57)49-32(41(62)63)20-44-22(2)3;3*2-1-3/h10-14,17,25-26,33-34,44-46,54,56,62,64-65H,8-9,15-16,18-24,27-32H2,1-7H3,(H,55,63);1,8-13,19,22-25,31-32,44H,14-18,20-21H2,2-6H3,(H,45,53)(H,46,55)(H,47,56)(H,48,58)(H,49,57)(H,60,61)(H,62,63)(H3,43,50,51,59);;;/t34-,44+,45-,46-,49+,50-,51+,52-,53+;23-,24-,25-,31-,32-;;;/m10.../s1. The van der Waals surface area contributed by atoms with Crippen molar-refractivity contribution < 1.29 is 130 Å². The number of carboxylic acid groups (broad SMARTS) is 2. The van der Waals surface area contributed by atoms with Gasteiger partial charge in [0.15, 0.2) is 0 Å². The lowest BCUT2D eigenvalue weighted by Gasteiger charge is -2.64. The SMILES string of the molecule is C#CCN(Cc1ccc2nc(N)[nH]c(=O)c2c1)c1ccc(C(=O)N[C@@H](CCC(=O)OSSCCC(=O)N[C@@H](C)C(=O)N[C@@H](C)C(=O)N[C@@H](C)C(=O)N[C@@H](CNC(C)C)C(=O)O)C(=O)O)cc1.CC[C@]1(O)C[C@H]2CN(CCc3c([nH]c4ccccc34)[C@@](COC=O)(c3cc4c(cc3OC)N(C)[C@H]3[C@@](O)(CONNC(=O)OCCSSCCC(=O)C(C)(C)C)[C@H](O)[C@]5(CC)C=CCN6CC[C@]43[C@@H]65)C2)C1.O=C=O.O=C=O.O=C=O. The molecule has 48 heteroatoms. The van der Waals surface area contributed by atoms with Crippen LogP contribution in [0.3, 0.4) is 0 Å². The van der Waals surface area contributed by atoms with Crippen LogP contribution in [0.2, 0.25) is 0 Å². The number of carbonyl (C=O) groups excluding carboxylic acids is 15. The van der Waals surface area contributed by atoms with Gasteiger partial charge in [0, 0.05) is 156 Å². The molecule has 2 saturated heterocycles. The number of aliphatic carboxylic acids is 2. The van der Waals surface area contributed by atoms with Crippen LogP contribution in [-0.4, -0.2) is 297 Å². The molecule has 1 spiro atoms. The van der Waals surface area contributed by atoms with E-state index in [0.717, 1.165) is 75.0 Å². The summed E-state index contributed by atoms with van der Waals surface area (Å²) in [6, 6.07) is 17.2. The number of aliphatic hydroxyl groups excluding tert-OH is 1. The summed E-state index contributed by atoms with van der Waals surface area (Å²) < 4.78 is 22.9. The van der Waals surface area contributed by atoms with E-state index in [4.69, 9.17) is 64.2 Å². The van der Waals surface area contributed by atoms with Crippen LogP contribution >= 0.6 is 43.5 Å². The number of H-pyrrole nitrogens is 2. The Bertz CT molecular complexity index is 5820. The Morgan fingerprint density at radius 2 is 1.40 bits per heavy atom. The van der Waals surface area contributed by atoms with Crippen molar-refractivity contribution in [2.75, 3.05) is 113 Å². The molecule has 792 valence electrons.